The van der Waals surface area contributed by atoms with E-state index in [2.05, 4.69) is 20.8 Å². The standard InChI is InChI=1S/C28H54BN3/c1-5-8-11-15-20-25(21-16-12-9-6-2)27-28(31-32(4)30-27)26(22-17-13-10-7-3)23-18-14-19-24-29/h25-26H,5-24H2,1-4H3. The molecule has 32 heavy (non-hydrogen) atoms. The molecule has 1 heterocycles. The van der Waals surface area contributed by atoms with Crippen LogP contribution in [0.5, 0.6) is 0 Å². The summed E-state index contributed by atoms with van der Waals surface area (Å²) in [5.41, 5.74) is 2.69. The Hall–Kier alpha value is -0.795. The average Bonchev–Trinajstić information content (AvgIpc) is 3.18. The molecule has 1 atom stereocenters. The Kier molecular flexibility index (Phi) is 18.0. The van der Waals surface area contributed by atoms with E-state index in [1.54, 1.807) is 0 Å². The molecule has 0 saturated carbocycles. The van der Waals surface area contributed by atoms with Crippen LogP contribution in [0.1, 0.15) is 166 Å². The lowest BCUT2D eigenvalue weighted by Gasteiger charge is -2.20. The van der Waals surface area contributed by atoms with Crippen LogP contribution in [0.2, 0.25) is 6.32 Å². The van der Waals surface area contributed by atoms with E-state index in [1.807, 2.05) is 11.8 Å². The molecule has 2 radical (unpaired) electrons. The fraction of sp³-hybridized carbons (Fsp3) is 0.929. The summed E-state index contributed by atoms with van der Waals surface area (Å²) >= 11 is 0. The van der Waals surface area contributed by atoms with Crippen LogP contribution in [0, 0.1) is 0 Å². The van der Waals surface area contributed by atoms with Crippen LogP contribution in [0.25, 0.3) is 0 Å². The number of unbranched alkanes of at least 4 members (excludes halogenated alkanes) is 11. The molecule has 0 bridgehead atoms. The van der Waals surface area contributed by atoms with Crippen molar-refractivity contribution < 1.29 is 0 Å². The smallest absolute Gasteiger partial charge is 0.0892 e. The van der Waals surface area contributed by atoms with Crippen molar-refractivity contribution in [1.82, 2.24) is 15.0 Å². The maximum atomic E-state index is 5.75. The van der Waals surface area contributed by atoms with Gasteiger partial charge in [-0.05, 0) is 25.7 Å². The van der Waals surface area contributed by atoms with Gasteiger partial charge in [0.15, 0.2) is 0 Å². The molecular formula is C28H54BN3. The van der Waals surface area contributed by atoms with E-state index >= 15 is 0 Å². The Bertz CT molecular complexity index is 473. The Balaban J connectivity index is 2.95. The van der Waals surface area contributed by atoms with E-state index in [0.717, 1.165) is 12.7 Å². The second kappa shape index (κ2) is 19.7. The average molecular weight is 444 g/mol. The summed E-state index contributed by atoms with van der Waals surface area (Å²) in [6, 6.07) is 0. The van der Waals surface area contributed by atoms with Gasteiger partial charge >= 0.3 is 0 Å². The molecule has 0 amide bonds. The maximum absolute atomic E-state index is 5.75. The zero-order valence-corrected chi connectivity index (χ0v) is 22.2. The first kappa shape index (κ1) is 29.2. The molecule has 1 unspecified atom stereocenters. The number of nitrogens with zero attached hydrogens (tertiary/aromatic N) is 3. The van der Waals surface area contributed by atoms with Gasteiger partial charge < -0.3 is 0 Å². The molecule has 0 saturated heterocycles. The van der Waals surface area contributed by atoms with Gasteiger partial charge in [0.2, 0.25) is 0 Å². The predicted molar refractivity (Wildman–Crippen MR) is 142 cm³/mol. The quantitative estimate of drug-likeness (QED) is 0.132. The van der Waals surface area contributed by atoms with Crippen molar-refractivity contribution in [2.75, 3.05) is 0 Å². The van der Waals surface area contributed by atoms with Crippen LogP contribution in [0.15, 0.2) is 0 Å². The minimum absolute atomic E-state index is 0.571. The molecule has 184 valence electrons. The molecule has 0 aliphatic carbocycles. The van der Waals surface area contributed by atoms with Crippen molar-refractivity contribution in [3.05, 3.63) is 11.4 Å². The van der Waals surface area contributed by atoms with E-state index in [4.69, 9.17) is 18.0 Å². The highest BCUT2D eigenvalue weighted by molar-refractivity contribution is 6.08. The lowest BCUT2D eigenvalue weighted by Crippen LogP contribution is -2.09. The van der Waals surface area contributed by atoms with E-state index in [1.165, 1.54) is 127 Å². The van der Waals surface area contributed by atoms with Crippen molar-refractivity contribution in [1.29, 1.82) is 0 Å². The Morgan fingerprint density at radius 3 is 1.22 bits per heavy atom. The summed E-state index contributed by atoms with van der Waals surface area (Å²) in [5.74, 6) is 1.16. The second-order valence-corrected chi connectivity index (χ2v) is 10.0. The largest absolute Gasteiger partial charge is 0.188 e. The van der Waals surface area contributed by atoms with Gasteiger partial charge in [-0.15, -0.1) is 0 Å². The summed E-state index contributed by atoms with van der Waals surface area (Å²) in [6.07, 6.45) is 25.6. The molecule has 1 aromatic heterocycles. The Morgan fingerprint density at radius 1 is 0.562 bits per heavy atom. The van der Waals surface area contributed by atoms with Crippen LogP contribution < -0.4 is 0 Å². The van der Waals surface area contributed by atoms with Crippen LogP contribution in [-0.2, 0) is 7.05 Å². The lowest BCUT2D eigenvalue weighted by atomic mass is 9.84. The molecule has 0 aliphatic rings. The SMILES string of the molecule is [B]CCCCCC(CCCCCC)c1nn(C)nc1C(CCCCCC)CCCCCC. The van der Waals surface area contributed by atoms with Gasteiger partial charge in [0.1, 0.15) is 0 Å². The third kappa shape index (κ3) is 12.4. The Morgan fingerprint density at radius 2 is 0.906 bits per heavy atom. The van der Waals surface area contributed by atoms with Crippen molar-refractivity contribution in [2.45, 2.75) is 161 Å². The van der Waals surface area contributed by atoms with Gasteiger partial charge in [0, 0.05) is 18.9 Å². The van der Waals surface area contributed by atoms with Crippen LogP contribution >= 0.6 is 0 Å². The van der Waals surface area contributed by atoms with Crippen molar-refractivity contribution in [3.8, 4) is 0 Å². The molecule has 0 fully saturated rings. The summed E-state index contributed by atoms with van der Waals surface area (Å²) < 4.78 is 0. The minimum atomic E-state index is 0.571. The van der Waals surface area contributed by atoms with Crippen molar-refractivity contribution in [3.63, 3.8) is 0 Å². The van der Waals surface area contributed by atoms with Gasteiger partial charge in [-0.3, -0.25) is 0 Å². The number of hydrogen-bond donors (Lipinski definition) is 0. The molecule has 3 nitrogen and oxygen atoms in total. The fourth-order valence-corrected chi connectivity index (χ4v) is 5.02. The molecule has 1 aromatic rings. The third-order valence-corrected chi connectivity index (χ3v) is 7.02. The topological polar surface area (TPSA) is 30.7 Å². The third-order valence-electron chi connectivity index (χ3n) is 7.02. The number of aryl methyl sites for hydroxylation is 1. The first-order valence-corrected chi connectivity index (χ1v) is 14.3. The van der Waals surface area contributed by atoms with Crippen LogP contribution in [-0.4, -0.2) is 22.8 Å². The lowest BCUT2D eigenvalue weighted by molar-refractivity contribution is 0.464. The first-order chi connectivity index (χ1) is 15.7. The van der Waals surface area contributed by atoms with Gasteiger partial charge in [0.05, 0.1) is 19.2 Å². The van der Waals surface area contributed by atoms with Gasteiger partial charge in [-0.25, -0.2) is 0 Å². The van der Waals surface area contributed by atoms with Crippen molar-refractivity contribution >= 4 is 7.85 Å². The molecule has 1 rings (SSSR count). The number of rotatable bonds is 22. The zero-order valence-electron chi connectivity index (χ0n) is 22.2. The molecule has 0 N–H and O–H groups in total. The molecule has 0 spiro atoms. The van der Waals surface area contributed by atoms with E-state index < -0.39 is 0 Å². The monoisotopic (exact) mass is 443 g/mol. The summed E-state index contributed by atoms with van der Waals surface area (Å²) in [7, 11) is 7.78. The summed E-state index contributed by atoms with van der Waals surface area (Å²) in [6.45, 7) is 6.90. The van der Waals surface area contributed by atoms with E-state index in [9.17, 15) is 0 Å². The van der Waals surface area contributed by atoms with Crippen LogP contribution in [0.3, 0.4) is 0 Å². The molecule has 4 heteroatoms. The highest BCUT2D eigenvalue weighted by Crippen LogP contribution is 2.36. The van der Waals surface area contributed by atoms with Crippen molar-refractivity contribution in [2.24, 2.45) is 7.05 Å². The highest BCUT2D eigenvalue weighted by atomic mass is 15.5. The highest BCUT2D eigenvalue weighted by Gasteiger charge is 2.25. The second-order valence-electron chi connectivity index (χ2n) is 10.0. The van der Waals surface area contributed by atoms with E-state index in [-0.39, 0.29) is 0 Å². The summed E-state index contributed by atoms with van der Waals surface area (Å²) in [4.78, 5) is 1.87. The van der Waals surface area contributed by atoms with E-state index in [0.29, 0.717) is 11.8 Å². The Labute approximate surface area is 202 Å². The predicted octanol–water partition coefficient (Wildman–Crippen LogP) is 9.04. The molecular weight excluding hydrogens is 389 g/mol. The first-order valence-electron chi connectivity index (χ1n) is 14.3. The van der Waals surface area contributed by atoms with Gasteiger partial charge in [-0.1, -0.05) is 123 Å². The van der Waals surface area contributed by atoms with Gasteiger partial charge in [0.25, 0.3) is 0 Å². The molecule has 0 aliphatic heterocycles. The zero-order chi connectivity index (χ0) is 23.4. The number of aromatic nitrogens is 3. The summed E-state index contributed by atoms with van der Waals surface area (Å²) in [5, 5.41) is 10.0. The van der Waals surface area contributed by atoms with Crippen LogP contribution in [0.4, 0.5) is 0 Å². The fourth-order valence-electron chi connectivity index (χ4n) is 5.02. The van der Waals surface area contributed by atoms with Gasteiger partial charge in [-0.2, -0.15) is 15.0 Å². The maximum Gasteiger partial charge on any atom is 0.0892 e. The minimum Gasteiger partial charge on any atom is -0.188 e. The molecule has 0 aromatic carbocycles. The number of hydrogen-bond acceptors (Lipinski definition) is 2. The normalized spacial score (nSPS) is 12.7.